The lowest BCUT2D eigenvalue weighted by Crippen LogP contribution is -1.94. The minimum absolute atomic E-state index is 0.514. The predicted octanol–water partition coefficient (Wildman–Crippen LogP) is 4.65. The summed E-state index contributed by atoms with van der Waals surface area (Å²) >= 11 is 12.5. The van der Waals surface area contributed by atoms with Gasteiger partial charge in [0, 0.05) is 11.6 Å². The van der Waals surface area contributed by atoms with Crippen molar-refractivity contribution in [2.45, 2.75) is 6.92 Å². The van der Waals surface area contributed by atoms with E-state index in [1.165, 1.54) is 0 Å². The van der Waals surface area contributed by atoms with Crippen molar-refractivity contribution >= 4 is 28.9 Å². The Morgan fingerprint density at radius 3 is 2.40 bits per heavy atom. The number of nitrogen functional groups attached to an aromatic ring is 1. The summed E-state index contributed by atoms with van der Waals surface area (Å²) in [5.41, 5.74) is 8.13. The lowest BCUT2D eigenvalue weighted by atomic mass is 10.0. The molecule has 0 amide bonds. The fourth-order valence-corrected chi connectivity index (χ4v) is 2.40. The smallest absolute Gasteiger partial charge is 0.141 e. The van der Waals surface area contributed by atoms with Crippen molar-refractivity contribution < 1.29 is 9.47 Å². The molecule has 0 saturated carbocycles. The van der Waals surface area contributed by atoms with Crippen molar-refractivity contribution in [3.8, 4) is 22.6 Å². The Bertz CT molecular complexity index is 630. The summed E-state index contributed by atoms with van der Waals surface area (Å²) in [4.78, 5) is 0. The Morgan fingerprint density at radius 1 is 1.05 bits per heavy atom. The van der Waals surface area contributed by atoms with E-state index < -0.39 is 0 Å². The van der Waals surface area contributed by atoms with Crippen molar-refractivity contribution in [3.05, 3.63) is 40.4 Å². The van der Waals surface area contributed by atoms with Crippen molar-refractivity contribution in [1.29, 1.82) is 0 Å². The molecule has 0 unspecified atom stereocenters. The van der Waals surface area contributed by atoms with Crippen LogP contribution in [0.5, 0.6) is 11.5 Å². The Balaban J connectivity index is 2.47. The number of rotatable bonds is 4. The number of benzene rings is 2. The zero-order valence-corrected chi connectivity index (χ0v) is 12.8. The number of hydrogen-bond donors (Lipinski definition) is 1. The summed E-state index contributed by atoms with van der Waals surface area (Å²) in [6.07, 6.45) is 0. The zero-order chi connectivity index (χ0) is 14.7. The monoisotopic (exact) mass is 311 g/mol. The molecule has 0 heterocycles. The number of anilines is 1. The molecule has 20 heavy (non-hydrogen) atoms. The van der Waals surface area contributed by atoms with Crippen molar-refractivity contribution in [2.24, 2.45) is 0 Å². The van der Waals surface area contributed by atoms with Crippen LogP contribution in [-0.4, -0.2) is 13.7 Å². The quantitative estimate of drug-likeness (QED) is 0.836. The molecule has 2 aromatic rings. The summed E-state index contributed by atoms with van der Waals surface area (Å²) in [7, 11) is 1.58. The van der Waals surface area contributed by atoms with Gasteiger partial charge in [0.1, 0.15) is 11.5 Å². The number of methoxy groups -OCH3 is 1. The van der Waals surface area contributed by atoms with Gasteiger partial charge in [0.05, 0.1) is 29.4 Å². The first-order valence-electron chi connectivity index (χ1n) is 6.12. The third kappa shape index (κ3) is 2.94. The van der Waals surface area contributed by atoms with Crippen molar-refractivity contribution in [3.63, 3.8) is 0 Å². The molecule has 0 aliphatic rings. The summed E-state index contributed by atoms with van der Waals surface area (Å²) in [6, 6.07) is 8.97. The van der Waals surface area contributed by atoms with E-state index in [1.807, 2.05) is 13.0 Å². The second kappa shape index (κ2) is 6.25. The summed E-state index contributed by atoms with van der Waals surface area (Å²) in [5.74, 6) is 1.20. The second-order valence-electron chi connectivity index (χ2n) is 4.15. The summed E-state index contributed by atoms with van der Waals surface area (Å²) in [6.45, 7) is 2.42. The molecule has 0 aromatic heterocycles. The normalized spacial score (nSPS) is 10.4. The van der Waals surface area contributed by atoms with E-state index in [0.717, 1.165) is 11.1 Å². The number of ether oxygens (including phenoxy) is 2. The van der Waals surface area contributed by atoms with E-state index in [0.29, 0.717) is 33.8 Å². The highest BCUT2D eigenvalue weighted by Gasteiger charge is 2.11. The fraction of sp³-hybridized carbons (Fsp3) is 0.200. The van der Waals surface area contributed by atoms with Crippen LogP contribution in [0.2, 0.25) is 10.0 Å². The lowest BCUT2D eigenvalue weighted by molar-refractivity contribution is 0.340. The first-order chi connectivity index (χ1) is 9.56. The SMILES string of the molecule is CCOc1cc(Cl)c(-c2ccc(OC)c(N)c2)cc1Cl. The average Bonchev–Trinajstić information content (AvgIpc) is 2.42. The molecule has 0 aliphatic carbocycles. The van der Waals surface area contributed by atoms with Gasteiger partial charge in [0.25, 0.3) is 0 Å². The molecule has 5 heteroatoms. The molecule has 2 rings (SSSR count). The minimum Gasteiger partial charge on any atom is -0.495 e. The predicted molar refractivity (Wildman–Crippen MR) is 84.0 cm³/mol. The van der Waals surface area contributed by atoms with Crippen LogP contribution < -0.4 is 15.2 Å². The molecule has 106 valence electrons. The molecule has 0 saturated heterocycles. The number of halogens is 2. The number of nitrogens with two attached hydrogens (primary N) is 1. The van der Waals surface area contributed by atoms with Crippen LogP contribution in [0.15, 0.2) is 30.3 Å². The first-order valence-corrected chi connectivity index (χ1v) is 6.88. The van der Waals surface area contributed by atoms with Gasteiger partial charge in [0.2, 0.25) is 0 Å². The third-order valence-electron chi connectivity index (χ3n) is 2.86. The highest BCUT2D eigenvalue weighted by molar-refractivity contribution is 6.36. The maximum atomic E-state index is 6.29. The third-order valence-corrected chi connectivity index (χ3v) is 3.47. The molecular formula is C15H15Cl2NO2. The van der Waals surface area contributed by atoms with Gasteiger partial charge in [0.15, 0.2) is 0 Å². The summed E-state index contributed by atoms with van der Waals surface area (Å²) in [5, 5.41) is 1.07. The Labute approximate surface area is 128 Å². The van der Waals surface area contributed by atoms with E-state index in [1.54, 1.807) is 31.4 Å². The van der Waals surface area contributed by atoms with Crippen LogP contribution in [0.25, 0.3) is 11.1 Å². The van der Waals surface area contributed by atoms with Crippen LogP contribution in [0.4, 0.5) is 5.69 Å². The van der Waals surface area contributed by atoms with Crippen LogP contribution >= 0.6 is 23.2 Å². The molecule has 0 spiro atoms. The van der Waals surface area contributed by atoms with Gasteiger partial charge in [-0.15, -0.1) is 0 Å². The maximum Gasteiger partial charge on any atom is 0.141 e. The van der Waals surface area contributed by atoms with Gasteiger partial charge in [-0.05, 0) is 30.7 Å². The standard InChI is InChI=1S/C15H15Cl2NO2/c1-3-20-15-8-11(16)10(7-12(15)17)9-4-5-14(19-2)13(18)6-9/h4-8H,3,18H2,1-2H3. The summed E-state index contributed by atoms with van der Waals surface area (Å²) < 4.78 is 10.5. The van der Waals surface area contributed by atoms with Crippen LogP contribution in [0.1, 0.15) is 6.92 Å². The zero-order valence-electron chi connectivity index (χ0n) is 11.2. The topological polar surface area (TPSA) is 44.5 Å². The van der Waals surface area contributed by atoms with E-state index in [9.17, 15) is 0 Å². The Hall–Kier alpha value is -1.58. The van der Waals surface area contributed by atoms with Gasteiger partial charge in [-0.2, -0.15) is 0 Å². The van der Waals surface area contributed by atoms with Crippen LogP contribution in [-0.2, 0) is 0 Å². The highest BCUT2D eigenvalue weighted by Crippen LogP contribution is 2.38. The lowest BCUT2D eigenvalue weighted by Gasteiger charge is -2.12. The van der Waals surface area contributed by atoms with E-state index in [2.05, 4.69) is 0 Å². The van der Waals surface area contributed by atoms with Gasteiger partial charge >= 0.3 is 0 Å². The van der Waals surface area contributed by atoms with Crippen LogP contribution in [0.3, 0.4) is 0 Å². The fourth-order valence-electron chi connectivity index (χ4n) is 1.92. The Morgan fingerprint density at radius 2 is 1.80 bits per heavy atom. The second-order valence-corrected chi connectivity index (χ2v) is 4.97. The molecule has 3 nitrogen and oxygen atoms in total. The van der Waals surface area contributed by atoms with E-state index in [4.69, 9.17) is 38.4 Å². The van der Waals surface area contributed by atoms with E-state index in [-0.39, 0.29) is 0 Å². The van der Waals surface area contributed by atoms with Gasteiger partial charge in [-0.1, -0.05) is 29.3 Å². The van der Waals surface area contributed by atoms with Crippen molar-refractivity contribution in [2.75, 3.05) is 19.5 Å². The van der Waals surface area contributed by atoms with Crippen molar-refractivity contribution in [1.82, 2.24) is 0 Å². The van der Waals surface area contributed by atoms with Gasteiger partial charge in [-0.3, -0.25) is 0 Å². The molecule has 0 radical (unpaired) electrons. The van der Waals surface area contributed by atoms with E-state index >= 15 is 0 Å². The molecule has 0 atom stereocenters. The molecular weight excluding hydrogens is 297 g/mol. The van der Waals surface area contributed by atoms with Gasteiger partial charge < -0.3 is 15.2 Å². The van der Waals surface area contributed by atoms with Crippen LogP contribution in [0, 0.1) is 0 Å². The van der Waals surface area contributed by atoms with Gasteiger partial charge in [-0.25, -0.2) is 0 Å². The maximum absolute atomic E-state index is 6.29. The molecule has 0 fully saturated rings. The minimum atomic E-state index is 0.514. The molecule has 2 N–H and O–H groups in total. The largest absolute Gasteiger partial charge is 0.495 e. The molecule has 2 aromatic carbocycles. The average molecular weight is 312 g/mol. The first kappa shape index (κ1) is 14.8. The highest BCUT2D eigenvalue weighted by atomic mass is 35.5. The molecule has 0 bridgehead atoms. The Kier molecular flexibility index (Phi) is 4.63. The number of hydrogen-bond acceptors (Lipinski definition) is 3. The molecule has 0 aliphatic heterocycles.